The number of piperidine rings is 1. The lowest BCUT2D eigenvalue weighted by Gasteiger charge is -2.42. The van der Waals surface area contributed by atoms with Crippen molar-refractivity contribution in [1.29, 1.82) is 0 Å². The molecule has 1 aromatic carbocycles. The van der Waals surface area contributed by atoms with Gasteiger partial charge < -0.3 is 9.47 Å². The van der Waals surface area contributed by atoms with Crippen molar-refractivity contribution < 1.29 is 19.1 Å². The Morgan fingerprint density at radius 3 is 2.65 bits per heavy atom. The third-order valence-electron chi connectivity index (χ3n) is 5.12. The normalized spacial score (nSPS) is 30.0. The predicted molar refractivity (Wildman–Crippen MR) is 85.0 cm³/mol. The number of rotatable bonds is 4. The topological polar surface area (TPSA) is 55.8 Å². The molecule has 3 rings (SSSR count). The molecule has 2 aliphatic rings. The fourth-order valence-electron chi connectivity index (χ4n) is 3.88. The van der Waals surface area contributed by atoms with Crippen molar-refractivity contribution >= 4 is 11.9 Å². The second-order valence-electron chi connectivity index (χ2n) is 6.48. The number of hydrogen-bond acceptors (Lipinski definition) is 5. The minimum Gasteiger partial charge on any atom is -0.465 e. The molecule has 0 radical (unpaired) electrons. The molecule has 2 fully saturated rings. The number of carbonyl (C=O) groups is 2. The first-order chi connectivity index (χ1) is 11.1. The summed E-state index contributed by atoms with van der Waals surface area (Å²) >= 11 is 0. The molecule has 2 heterocycles. The Bertz CT molecular complexity index is 574. The fraction of sp³-hybridized carbons (Fsp3) is 0.556. The number of ether oxygens (including phenoxy) is 2. The summed E-state index contributed by atoms with van der Waals surface area (Å²) in [6.45, 7) is 1.72. The summed E-state index contributed by atoms with van der Waals surface area (Å²) in [4.78, 5) is 25.9. The van der Waals surface area contributed by atoms with Gasteiger partial charge in [-0.3, -0.25) is 9.69 Å². The van der Waals surface area contributed by atoms with E-state index in [4.69, 9.17) is 9.47 Å². The Morgan fingerprint density at radius 1 is 1.22 bits per heavy atom. The molecule has 124 valence electrons. The molecule has 2 unspecified atom stereocenters. The number of carbonyl (C=O) groups excluding carboxylic acids is 2. The van der Waals surface area contributed by atoms with Gasteiger partial charge in [-0.05, 0) is 32.0 Å². The van der Waals surface area contributed by atoms with Crippen LogP contribution in [-0.4, -0.2) is 48.7 Å². The van der Waals surface area contributed by atoms with Crippen LogP contribution in [0.15, 0.2) is 30.3 Å². The Labute approximate surface area is 136 Å². The molecule has 2 saturated heterocycles. The first-order valence-electron chi connectivity index (χ1n) is 8.17. The minimum atomic E-state index is -0.299. The van der Waals surface area contributed by atoms with E-state index in [2.05, 4.69) is 11.9 Å². The van der Waals surface area contributed by atoms with Crippen LogP contribution in [0.4, 0.5) is 0 Å². The van der Waals surface area contributed by atoms with Crippen LogP contribution in [-0.2, 0) is 14.3 Å². The van der Waals surface area contributed by atoms with Crippen molar-refractivity contribution in [2.75, 3.05) is 13.7 Å². The molecule has 0 saturated carbocycles. The highest BCUT2D eigenvalue weighted by atomic mass is 16.6. The van der Waals surface area contributed by atoms with Crippen molar-refractivity contribution in [2.45, 2.75) is 44.4 Å². The van der Waals surface area contributed by atoms with Gasteiger partial charge in [-0.15, -0.1) is 0 Å². The number of hydrogen-bond donors (Lipinski definition) is 0. The quantitative estimate of drug-likeness (QED) is 0.797. The maximum Gasteiger partial charge on any atom is 0.338 e. The molecule has 4 atom stereocenters. The summed E-state index contributed by atoms with van der Waals surface area (Å²) in [7, 11) is 2.11. The van der Waals surface area contributed by atoms with Crippen LogP contribution in [0.1, 0.15) is 36.5 Å². The molecule has 0 spiro atoms. The third-order valence-corrected chi connectivity index (χ3v) is 5.12. The largest absolute Gasteiger partial charge is 0.465 e. The Balaban J connectivity index is 1.73. The van der Waals surface area contributed by atoms with Crippen LogP contribution in [0, 0.1) is 5.92 Å². The lowest BCUT2D eigenvalue weighted by Crippen LogP contribution is -2.52. The highest BCUT2D eigenvalue weighted by Crippen LogP contribution is 2.39. The van der Waals surface area contributed by atoms with Crippen molar-refractivity contribution in [1.82, 2.24) is 4.90 Å². The highest BCUT2D eigenvalue weighted by molar-refractivity contribution is 5.89. The third kappa shape index (κ3) is 3.39. The van der Waals surface area contributed by atoms with E-state index in [1.807, 2.05) is 18.2 Å². The monoisotopic (exact) mass is 317 g/mol. The zero-order valence-electron chi connectivity index (χ0n) is 13.6. The van der Waals surface area contributed by atoms with Crippen molar-refractivity contribution in [3.8, 4) is 0 Å². The van der Waals surface area contributed by atoms with Gasteiger partial charge in [-0.25, -0.2) is 4.79 Å². The zero-order valence-corrected chi connectivity index (χ0v) is 13.6. The van der Waals surface area contributed by atoms with Gasteiger partial charge in [0.25, 0.3) is 0 Å². The molecule has 0 amide bonds. The van der Waals surface area contributed by atoms with E-state index in [1.165, 1.54) is 6.92 Å². The lowest BCUT2D eigenvalue weighted by molar-refractivity contribution is -0.146. The van der Waals surface area contributed by atoms with Gasteiger partial charge in [-0.2, -0.15) is 0 Å². The average Bonchev–Trinajstić information content (AvgIpc) is 2.79. The predicted octanol–water partition coefficient (Wildman–Crippen LogP) is 2.26. The molecule has 5 nitrogen and oxygen atoms in total. The van der Waals surface area contributed by atoms with Crippen molar-refractivity contribution in [3.05, 3.63) is 35.9 Å². The number of nitrogens with zero attached hydrogens (tertiary/aromatic N) is 1. The number of esters is 2. The summed E-state index contributed by atoms with van der Waals surface area (Å²) in [5, 5.41) is 0. The summed E-state index contributed by atoms with van der Waals surface area (Å²) in [5.41, 5.74) is 0.560. The van der Waals surface area contributed by atoms with Gasteiger partial charge in [0.15, 0.2) is 0 Å². The fourth-order valence-corrected chi connectivity index (χ4v) is 3.88. The molecule has 1 aromatic rings. The van der Waals surface area contributed by atoms with Gasteiger partial charge in [0.1, 0.15) is 6.10 Å². The maximum absolute atomic E-state index is 12.4. The van der Waals surface area contributed by atoms with Crippen molar-refractivity contribution in [3.63, 3.8) is 0 Å². The molecule has 5 heteroatoms. The maximum atomic E-state index is 12.4. The second kappa shape index (κ2) is 6.71. The standard InChI is InChI=1S/C18H23NO4/c1-12(20)22-11-15-16-9-8-14(19(16)2)10-17(15)23-18(21)13-6-4-3-5-7-13/h3-7,14-17H,8-11H2,1-2H3/t14-,15?,16?,17+/m1/s1. The van der Waals surface area contributed by atoms with E-state index in [1.54, 1.807) is 12.1 Å². The second-order valence-corrected chi connectivity index (χ2v) is 6.48. The molecule has 0 N–H and O–H groups in total. The summed E-state index contributed by atoms with van der Waals surface area (Å²) in [6, 6.07) is 9.79. The van der Waals surface area contributed by atoms with Gasteiger partial charge in [0.2, 0.25) is 0 Å². The first kappa shape index (κ1) is 16.0. The van der Waals surface area contributed by atoms with Gasteiger partial charge in [-0.1, -0.05) is 18.2 Å². The Kier molecular flexibility index (Phi) is 4.66. The molecule has 2 bridgehead atoms. The number of fused-ring (bicyclic) bond motifs is 2. The van der Waals surface area contributed by atoms with E-state index < -0.39 is 0 Å². The molecular formula is C18H23NO4. The lowest BCUT2D eigenvalue weighted by atomic mass is 9.88. The molecule has 2 aliphatic heterocycles. The summed E-state index contributed by atoms with van der Waals surface area (Å²) in [6.07, 6.45) is 2.77. The van der Waals surface area contributed by atoms with Crippen LogP contribution < -0.4 is 0 Å². The van der Waals surface area contributed by atoms with E-state index in [0.29, 0.717) is 24.3 Å². The van der Waals surface area contributed by atoms with E-state index >= 15 is 0 Å². The summed E-state index contributed by atoms with van der Waals surface area (Å²) < 4.78 is 11.0. The van der Waals surface area contributed by atoms with Crippen LogP contribution in [0.25, 0.3) is 0 Å². The Morgan fingerprint density at radius 2 is 1.96 bits per heavy atom. The van der Waals surface area contributed by atoms with Crippen LogP contribution >= 0.6 is 0 Å². The van der Waals surface area contributed by atoms with E-state index in [9.17, 15) is 9.59 Å². The smallest absolute Gasteiger partial charge is 0.338 e. The minimum absolute atomic E-state index is 0.0373. The van der Waals surface area contributed by atoms with E-state index in [-0.39, 0.29) is 24.0 Å². The molecule has 0 aliphatic carbocycles. The Hall–Kier alpha value is -1.88. The van der Waals surface area contributed by atoms with Crippen LogP contribution in [0.3, 0.4) is 0 Å². The van der Waals surface area contributed by atoms with Crippen molar-refractivity contribution in [2.24, 2.45) is 5.92 Å². The van der Waals surface area contributed by atoms with Crippen LogP contribution in [0.2, 0.25) is 0 Å². The highest BCUT2D eigenvalue weighted by Gasteiger charge is 2.47. The summed E-state index contributed by atoms with van der Waals surface area (Å²) in [5.74, 6) is -0.552. The first-order valence-corrected chi connectivity index (χ1v) is 8.17. The average molecular weight is 317 g/mol. The molecule has 0 aromatic heterocycles. The van der Waals surface area contributed by atoms with Gasteiger partial charge in [0.05, 0.1) is 12.2 Å². The number of benzene rings is 1. The SMILES string of the molecule is CC(=O)OCC1C2CC[C@H](C[C@@H]1OC(=O)c1ccccc1)N2C. The van der Waals surface area contributed by atoms with E-state index in [0.717, 1.165) is 19.3 Å². The van der Waals surface area contributed by atoms with Crippen LogP contribution in [0.5, 0.6) is 0 Å². The molecule has 23 heavy (non-hydrogen) atoms. The van der Waals surface area contributed by atoms with Gasteiger partial charge >= 0.3 is 11.9 Å². The zero-order chi connectivity index (χ0) is 16.4. The van der Waals surface area contributed by atoms with Gasteiger partial charge in [0, 0.05) is 31.3 Å². The molecular weight excluding hydrogens is 294 g/mol.